The third-order valence-electron chi connectivity index (χ3n) is 6.13. The first kappa shape index (κ1) is 19.3. The van der Waals surface area contributed by atoms with Gasteiger partial charge in [-0.1, -0.05) is 18.2 Å². The van der Waals surface area contributed by atoms with Crippen LogP contribution >= 0.6 is 0 Å². The van der Waals surface area contributed by atoms with Gasteiger partial charge >= 0.3 is 0 Å². The molecule has 0 unspecified atom stereocenters. The van der Waals surface area contributed by atoms with E-state index < -0.39 is 0 Å². The molecule has 31 heavy (non-hydrogen) atoms. The van der Waals surface area contributed by atoms with Crippen molar-refractivity contribution >= 4 is 22.3 Å². The van der Waals surface area contributed by atoms with Gasteiger partial charge < -0.3 is 10.1 Å². The second kappa shape index (κ2) is 7.86. The van der Waals surface area contributed by atoms with E-state index in [4.69, 9.17) is 4.74 Å². The predicted molar refractivity (Wildman–Crippen MR) is 117 cm³/mol. The third-order valence-corrected chi connectivity index (χ3v) is 6.13. The zero-order valence-corrected chi connectivity index (χ0v) is 17.2. The number of H-pyrrole nitrogens is 1. The number of imidazole rings is 1. The normalized spacial score (nSPS) is 18.9. The van der Waals surface area contributed by atoms with Gasteiger partial charge in [0.15, 0.2) is 0 Å². The molecular formula is C23H23N5O3. The summed E-state index contributed by atoms with van der Waals surface area (Å²) in [6, 6.07) is 11.3. The van der Waals surface area contributed by atoms with Gasteiger partial charge in [0.25, 0.3) is 11.5 Å². The molecule has 4 aromatic rings. The number of aromatic nitrogens is 4. The molecule has 5 rings (SSSR count). The molecule has 0 bridgehead atoms. The van der Waals surface area contributed by atoms with Crippen LogP contribution in [-0.4, -0.2) is 38.6 Å². The monoisotopic (exact) mass is 417 g/mol. The van der Waals surface area contributed by atoms with Crippen molar-refractivity contribution < 1.29 is 9.53 Å². The average Bonchev–Trinajstić information content (AvgIpc) is 3.23. The van der Waals surface area contributed by atoms with Crippen molar-refractivity contribution in [1.29, 1.82) is 0 Å². The largest absolute Gasteiger partial charge is 0.497 e. The third kappa shape index (κ3) is 3.54. The molecular weight excluding hydrogens is 394 g/mol. The zero-order valence-electron chi connectivity index (χ0n) is 17.2. The Labute approximate surface area is 178 Å². The van der Waals surface area contributed by atoms with Crippen LogP contribution in [0, 0.1) is 0 Å². The van der Waals surface area contributed by atoms with Crippen molar-refractivity contribution in [1.82, 2.24) is 24.9 Å². The quantitative estimate of drug-likeness (QED) is 0.531. The highest BCUT2D eigenvalue weighted by Crippen LogP contribution is 2.34. The molecule has 0 saturated heterocycles. The lowest BCUT2D eigenvalue weighted by atomic mass is 9.82. The number of hydrogen-bond acceptors (Lipinski definition) is 5. The lowest BCUT2D eigenvalue weighted by Crippen LogP contribution is -2.38. The number of hydrogen-bond donors (Lipinski definition) is 2. The topological polar surface area (TPSA) is 101 Å². The first-order valence-corrected chi connectivity index (χ1v) is 10.4. The molecule has 0 radical (unpaired) electrons. The Morgan fingerprint density at radius 1 is 1.16 bits per heavy atom. The summed E-state index contributed by atoms with van der Waals surface area (Å²) in [5, 5.41) is 11.7. The van der Waals surface area contributed by atoms with E-state index in [-0.39, 0.29) is 23.4 Å². The predicted octanol–water partition coefficient (Wildman–Crippen LogP) is 3.04. The SMILES string of the molecule is COc1ccn2c(C(=O)N[C@H]3CC[C@H](c4n[nH]c(=O)c5ccccc54)CC3)cnc2c1. The van der Waals surface area contributed by atoms with Crippen LogP contribution in [0.1, 0.15) is 47.8 Å². The van der Waals surface area contributed by atoms with Crippen molar-refractivity contribution in [3.63, 3.8) is 0 Å². The first-order chi connectivity index (χ1) is 15.1. The smallest absolute Gasteiger partial charge is 0.272 e. The number of ether oxygens (including phenoxy) is 1. The number of pyridine rings is 1. The molecule has 8 heteroatoms. The van der Waals surface area contributed by atoms with Crippen LogP contribution in [0.25, 0.3) is 16.4 Å². The average molecular weight is 417 g/mol. The Hall–Kier alpha value is -3.68. The standard InChI is InChI=1S/C23H23N5O3/c1-31-16-10-11-28-19(13-24-20(28)12-16)23(30)25-15-8-6-14(7-9-15)21-17-4-2-3-5-18(17)22(29)27-26-21/h2-5,10-15H,6-9H2,1H3,(H,25,30)(H,27,29)/t14-,15-. The van der Waals surface area contributed by atoms with Crippen LogP contribution < -0.4 is 15.6 Å². The van der Waals surface area contributed by atoms with E-state index in [1.54, 1.807) is 36.0 Å². The maximum Gasteiger partial charge on any atom is 0.272 e. The molecule has 3 heterocycles. The Kier molecular flexibility index (Phi) is 4.89. The highest BCUT2D eigenvalue weighted by Gasteiger charge is 2.27. The van der Waals surface area contributed by atoms with Gasteiger partial charge in [0.05, 0.1) is 24.4 Å². The number of benzene rings is 1. The minimum Gasteiger partial charge on any atom is -0.497 e. The van der Waals surface area contributed by atoms with Gasteiger partial charge in [-0.05, 0) is 37.8 Å². The van der Waals surface area contributed by atoms with Crippen molar-refractivity contribution in [2.45, 2.75) is 37.6 Å². The number of nitrogens with one attached hydrogen (secondary N) is 2. The molecule has 1 aliphatic carbocycles. The van der Waals surface area contributed by atoms with Crippen molar-refractivity contribution in [2.24, 2.45) is 0 Å². The van der Waals surface area contributed by atoms with Crippen LogP contribution in [0.5, 0.6) is 5.75 Å². The van der Waals surface area contributed by atoms with E-state index in [1.807, 2.05) is 24.3 Å². The van der Waals surface area contributed by atoms with Gasteiger partial charge in [-0.15, -0.1) is 0 Å². The van der Waals surface area contributed by atoms with Gasteiger partial charge in [-0.3, -0.25) is 14.0 Å². The molecule has 8 nitrogen and oxygen atoms in total. The summed E-state index contributed by atoms with van der Waals surface area (Å²) in [7, 11) is 1.60. The number of amides is 1. The van der Waals surface area contributed by atoms with Gasteiger partial charge in [-0.25, -0.2) is 10.1 Å². The summed E-state index contributed by atoms with van der Waals surface area (Å²) >= 11 is 0. The summed E-state index contributed by atoms with van der Waals surface area (Å²) in [6.07, 6.45) is 6.90. The second-order valence-electron chi connectivity index (χ2n) is 7.94. The number of nitrogens with zero attached hydrogens (tertiary/aromatic N) is 3. The maximum absolute atomic E-state index is 12.9. The molecule has 1 aliphatic rings. The number of methoxy groups -OCH3 is 1. The molecule has 0 atom stereocenters. The van der Waals surface area contributed by atoms with E-state index in [2.05, 4.69) is 20.5 Å². The van der Waals surface area contributed by atoms with Gasteiger partial charge in [0.1, 0.15) is 17.1 Å². The van der Waals surface area contributed by atoms with Gasteiger partial charge in [0.2, 0.25) is 0 Å². The molecule has 1 amide bonds. The summed E-state index contributed by atoms with van der Waals surface area (Å²) in [4.78, 5) is 29.2. The van der Waals surface area contributed by atoms with Crippen LogP contribution in [0.2, 0.25) is 0 Å². The number of carbonyl (C=O) groups excluding carboxylic acids is 1. The van der Waals surface area contributed by atoms with E-state index in [0.29, 0.717) is 22.5 Å². The summed E-state index contributed by atoms with van der Waals surface area (Å²) in [5.41, 5.74) is 1.96. The summed E-state index contributed by atoms with van der Waals surface area (Å²) in [5.74, 6) is 0.832. The lowest BCUT2D eigenvalue weighted by molar-refractivity contribution is 0.0919. The van der Waals surface area contributed by atoms with E-state index in [1.165, 1.54) is 0 Å². The highest BCUT2D eigenvalue weighted by molar-refractivity contribution is 5.93. The van der Waals surface area contributed by atoms with Crippen LogP contribution in [0.15, 0.2) is 53.6 Å². The number of aromatic amines is 1. The first-order valence-electron chi connectivity index (χ1n) is 10.4. The molecule has 0 aliphatic heterocycles. The molecule has 158 valence electrons. The van der Waals surface area contributed by atoms with Crippen molar-refractivity contribution in [2.75, 3.05) is 7.11 Å². The Morgan fingerprint density at radius 3 is 2.71 bits per heavy atom. The fourth-order valence-corrected chi connectivity index (χ4v) is 4.47. The van der Waals surface area contributed by atoms with Gasteiger partial charge in [0, 0.05) is 29.6 Å². The second-order valence-corrected chi connectivity index (χ2v) is 7.94. The Morgan fingerprint density at radius 2 is 1.94 bits per heavy atom. The molecule has 2 N–H and O–H groups in total. The molecule has 0 spiro atoms. The highest BCUT2D eigenvalue weighted by atomic mass is 16.5. The molecule has 1 aromatic carbocycles. The minimum atomic E-state index is -0.161. The molecule has 3 aromatic heterocycles. The summed E-state index contributed by atoms with van der Waals surface area (Å²) < 4.78 is 6.98. The number of carbonyl (C=O) groups is 1. The number of fused-ring (bicyclic) bond motifs is 2. The Bertz CT molecular complexity index is 1320. The maximum atomic E-state index is 12.9. The molecule has 1 fully saturated rings. The van der Waals surface area contributed by atoms with Gasteiger partial charge in [-0.2, -0.15) is 5.10 Å². The van der Waals surface area contributed by atoms with Crippen LogP contribution in [-0.2, 0) is 0 Å². The van der Waals surface area contributed by atoms with Crippen LogP contribution in [0.4, 0.5) is 0 Å². The number of rotatable bonds is 4. The van der Waals surface area contributed by atoms with E-state index in [0.717, 1.165) is 36.8 Å². The zero-order chi connectivity index (χ0) is 21.4. The lowest BCUT2D eigenvalue weighted by Gasteiger charge is -2.29. The fourth-order valence-electron chi connectivity index (χ4n) is 4.47. The van der Waals surface area contributed by atoms with E-state index >= 15 is 0 Å². The van der Waals surface area contributed by atoms with Crippen molar-refractivity contribution in [3.8, 4) is 5.75 Å². The summed E-state index contributed by atoms with van der Waals surface area (Å²) in [6.45, 7) is 0. The van der Waals surface area contributed by atoms with E-state index in [9.17, 15) is 9.59 Å². The Balaban J connectivity index is 1.28. The fraction of sp³-hybridized carbons (Fsp3) is 0.304. The minimum absolute atomic E-state index is 0.0987. The molecule has 1 saturated carbocycles. The van der Waals surface area contributed by atoms with Crippen molar-refractivity contribution in [3.05, 3.63) is 70.5 Å². The van der Waals surface area contributed by atoms with Crippen LogP contribution in [0.3, 0.4) is 0 Å².